The molecule has 1 heteroatoms. The Morgan fingerprint density at radius 1 is 1.27 bits per heavy atom. The molecule has 1 aliphatic rings. The lowest BCUT2D eigenvalue weighted by Crippen LogP contribution is -2.07. The maximum Gasteiger partial charge on any atom is 0.0577 e. The van der Waals surface area contributed by atoms with E-state index in [1.165, 1.54) is 19.3 Å². The highest BCUT2D eigenvalue weighted by atomic mass is 16.5. The molecule has 0 aromatic rings. The van der Waals surface area contributed by atoms with Gasteiger partial charge >= 0.3 is 0 Å². The molecule has 1 nitrogen and oxygen atoms in total. The van der Waals surface area contributed by atoms with Gasteiger partial charge in [-0.3, -0.25) is 0 Å². The monoisotopic (exact) mass is 158 g/mol. The first kappa shape index (κ1) is 11.0. The Morgan fingerprint density at radius 3 is 2.27 bits per heavy atom. The maximum atomic E-state index is 5.47. The van der Waals surface area contributed by atoms with E-state index in [1.807, 2.05) is 13.8 Å². The Kier molecular flexibility index (Phi) is 6.63. The molecule has 0 heterocycles. The Morgan fingerprint density at radius 2 is 1.91 bits per heavy atom. The van der Waals surface area contributed by atoms with Crippen LogP contribution in [-0.2, 0) is 4.74 Å². The Bertz CT molecular complexity index is 78.9. The van der Waals surface area contributed by atoms with Gasteiger partial charge in [0.15, 0.2) is 0 Å². The van der Waals surface area contributed by atoms with Crippen molar-refractivity contribution in [2.24, 2.45) is 5.92 Å². The molecule has 0 bridgehead atoms. The van der Waals surface area contributed by atoms with Gasteiger partial charge in [-0.1, -0.05) is 20.8 Å². The van der Waals surface area contributed by atoms with Crippen molar-refractivity contribution in [2.75, 3.05) is 6.61 Å². The molecule has 1 saturated carbocycles. The number of rotatable bonds is 2. The first-order chi connectivity index (χ1) is 5.33. The third-order valence-corrected chi connectivity index (χ3v) is 2.05. The van der Waals surface area contributed by atoms with Crippen LogP contribution in [0.2, 0.25) is 0 Å². The van der Waals surface area contributed by atoms with Crippen molar-refractivity contribution >= 4 is 0 Å². The van der Waals surface area contributed by atoms with E-state index >= 15 is 0 Å². The second-order valence-corrected chi connectivity index (χ2v) is 3.00. The summed E-state index contributed by atoms with van der Waals surface area (Å²) in [5, 5.41) is 0. The Hall–Kier alpha value is -0.0400. The molecule has 0 spiro atoms. The molecule has 1 fully saturated rings. The van der Waals surface area contributed by atoms with Crippen LogP contribution in [0.4, 0.5) is 0 Å². The van der Waals surface area contributed by atoms with Crippen molar-refractivity contribution in [1.29, 1.82) is 0 Å². The van der Waals surface area contributed by atoms with E-state index in [0.717, 1.165) is 12.5 Å². The first-order valence-electron chi connectivity index (χ1n) is 4.94. The van der Waals surface area contributed by atoms with Crippen LogP contribution in [0.3, 0.4) is 0 Å². The van der Waals surface area contributed by atoms with Crippen LogP contribution in [0.15, 0.2) is 0 Å². The average molecular weight is 158 g/mol. The standard InChI is InChI=1S/C8H16O.C2H6/c1-3-9-8-5-4-7(2)6-8;1-2/h7-8H,3-6H2,1-2H3;1-2H3. The summed E-state index contributed by atoms with van der Waals surface area (Å²) in [6.07, 6.45) is 4.53. The molecule has 2 unspecified atom stereocenters. The van der Waals surface area contributed by atoms with Gasteiger partial charge < -0.3 is 4.74 Å². The van der Waals surface area contributed by atoms with E-state index in [2.05, 4.69) is 13.8 Å². The van der Waals surface area contributed by atoms with E-state index in [9.17, 15) is 0 Å². The molecule has 0 N–H and O–H groups in total. The van der Waals surface area contributed by atoms with Crippen molar-refractivity contribution in [2.45, 2.75) is 53.1 Å². The molecule has 1 rings (SSSR count). The molecule has 0 radical (unpaired) electrons. The third-order valence-electron chi connectivity index (χ3n) is 2.05. The minimum absolute atomic E-state index is 0.588. The fraction of sp³-hybridized carbons (Fsp3) is 1.00. The summed E-state index contributed by atoms with van der Waals surface area (Å²) in [5.41, 5.74) is 0. The lowest BCUT2D eigenvalue weighted by atomic mass is 10.1. The molecule has 0 amide bonds. The van der Waals surface area contributed by atoms with Gasteiger partial charge in [-0.15, -0.1) is 0 Å². The van der Waals surface area contributed by atoms with Crippen LogP contribution >= 0.6 is 0 Å². The number of ether oxygens (including phenoxy) is 1. The topological polar surface area (TPSA) is 9.23 Å². The van der Waals surface area contributed by atoms with E-state index in [4.69, 9.17) is 4.74 Å². The van der Waals surface area contributed by atoms with Crippen molar-refractivity contribution in [1.82, 2.24) is 0 Å². The predicted molar refractivity (Wildman–Crippen MR) is 49.8 cm³/mol. The lowest BCUT2D eigenvalue weighted by Gasteiger charge is -2.07. The minimum Gasteiger partial charge on any atom is -0.378 e. The van der Waals surface area contributed by atoms with Crippen molar-refractivity contribution in [3.8, 4) is 0 Å². The minimum atomic E-state index is 0.588. The van der Waals surface area contributed by atoms with Gasteiger partial charge in [0.2, 0.25) is 0 Å². The highest BCUT2D eigenvalue weighted by molar-refractivity contribution is 4.72. The first-order valence-corrected chi connectivity index (χ1v) is 4.94. The molecule has 11 heavy (non-hydrogen) atoms. The van der Waals surface area contributed by atoms with Crippen LogP contribution < -0.4 is 0 Å². The Balaban J connectivity index is 0.000000461. The third kappa shape index (κ3) is 4.41. The fourth-order valence-corrected chi connectivity index (χ4v) is 1.54. The molecule has 0 aromatic heterocycles. The Labute approximate surface area is 71.1 Å². The quantitative estimate of drug-likeness (QED) is 0.599. The van der Waals surface area contributed by atoms with Crippen LogP contribution in [-0.4, -0.2) is 12.7 Å². The molecule has 1 aliphatic carbocycles. The summed E-state index contributed by atoms with van der Waals surface area (Å²) in [6.45, 7) is 9.26. The van der Waals surface area contributed by atoms with Gasteiger partial charge in [0.05, 0.1) is 6.10 Å². The predicted octanol–water partition coefficient (Wildman–Crippen LogP) is 3.24. The molecule has 2 atom stereocenters. The zero-order chi connectivity index (χ0) is 8.69. The van der Waals surface area contributed by atoms with Crippen molar-refractivity contribution in [3.05, 3.63) is 0 Å². The fourth-order valence-electron chi connectivity index (χ4n) is 1.54. The van der Waals surface area contributed by atoms with Crippen LogP contribution in [0, 0.1) is 5.92 Å². The lowest BCUT2D eigenvalue weighted by molar-refractivity contribution is 0.0660. The van der Waals surface area contributed by atoms with Crippen molar-refractivity contribution < 1.29 is 4.74 Å². The van der Waals surface area contributed by atoms with Crippen LogP contribution in [0.25, 0.3) is 0 Å². The highest BCUT2D eigenvalue weighted by Gasteiger charge is 2.20. The van der Waals surface area contributed by atoms with Crippen molar-refractivity contribution in [3.63, 3.8) is 0 Å². The van der Waals surface area contributed by atoms with E-state index in [1.54, 1.807) is 0 Å². The summed E-state index contributed by atoms with van der Waals surface area (Å²) in [4.78, 5) is 0. The molecule has 68 valence electrons. The molecule has 0 saturated heterocycles. The number of hydrogen-bond acceptors (Lipinski definition) is 1. The van der Waals surface area contributed by atoms with Gasteiger partial charge in [-0.25, -0.2) is 0 Å². The van der Waals surface area contributed by atoms with E-state index in [0.29, 0.717) is 6.10 Å². The molecule has 0 aliphatic heterocycles. The van der Waals surface area contributed by atoms with E-state index in [-0.39, 0.29) is 0 Å². The van der Waals surface area contributed by atoms with Gasteiger partial charge in [-0.2, -0.15) is 0 Å². The number of hydrogen-bond donors (Lipinski definition) is 0. The second-order valence-electron chi connectivity index (χ2n) is 3.00. The molecular formula is C10H22O. The van der Waals surface area contributed by atoms with Gasteiger partial charge in [0, 0.05) is 6.61 Å². The zero-order valence-electron chi connectivity index (χ0n) is 8.39. The molecular weight excluding hydrogens is 136 g/mol. The van der Waals surface area contributed by atoms with E-state index < -0.39 is 0 Å². The highest BCUT2D eigenvalue weighted by Crippen LogP contribution is 2.26. The smallest absolute Gasteiger partial charge is 0.0577 e. The van der Waals surface area contributed by atoms with Gasteiger partial charge in [-0.05, 0) is 32.1 Å². The largest absolute Gasteiger partial charge is 0.378 e. The summed E-state index contributed by atoms with van der Waals surface area (Å²) in [5.74, 6) is 0.904. The normalized spacial score (nSPS) is 29.5. The average Bonchev–Trinajstić information content (AvgIpc) is 2.41. The summed E-state index contributed by atoms with van der Waals surface area (Å²) in [6, 6.07) is 0. The second kappa shape index (κ2) is 6.66. The van der Waals surface area contributed by atoms with Crippen LogP contribution in [0.1, 0.15) is 47.0 Å². The summed E-state index contributed by atoms with van der Waals surface area (Å²) < 4.78 is 5.47. The SMILES string of the molecule is CC.CCOC1CCC(C)C1. The zero-order valence-corrected chi connectivity index (χ0v) is 8.39. The summed E-state index contributed by atoms with van der Waals surface area (Å²) >= 11 is 0. The van der Waals surface area contributed by atoms with Gasteiger partial charge in [0.1, 0.15) is 0 Å². The van der Waals surface area contributed by atoms with Gasteiger partial charge in [0.25, 0.3) is 0 Å². The maximum absolute atomic E-state index is 5.47. The molecule has 0 aromatic carbocycles. The summed E-state index contributed by atoms with van der Waals surface area (Å²) in [7, 11) is 0. The van der Waals surface area contributed by atoms with Crippen LogP contribution in [0.5, 0.6) is 0 Å².